The molecule has 104 valence electrons. The zero-order chi connectivity index (χ0) is 13.8. The number of hydrogen-bond donors (Lipinski definition) is 3. The Bertz CT molecular complexity index is 561. The van der Waals surface area contributed by atoms with Crippen molar-refractivity contribution in [3.63, 3.8) is 0 Å². The third-order valence-electron chi connectivity index (χ3n) is 2.41. The number of anilines is 1. The van der Waals surface area contributed by atoms with Crippen LogP contribution in [0.1, 0.15) is 12.8 Å². The molecule has 0 radical (unpaired) electrons. The molecule has 9 heteroatoms. The fourth-order valence-corrected chi connectivity index (χ4v) is 2.07. The minimum Gasteiger partial charge on any atom is -0.396 e. The topological polar surface area (TPSA) is 119 Å². The first-order chi connectivity index (χ1) is 9.17. The fraction of sp³-hybridized carbons (Fsp3) is 0.500. The molecule has 8 nitrogen and oxygen atoms in total. The van der Waals surface area contributed by atoms with Gasteiger partial charge < -0.3 is 20.7 Å². The van der Waals surface area contributed by atoms with Gasteiger partial charge in [0.2, 0.25) is 12.4 Å². The zero-order valence-electron chi connectivity index (χ0n) is 10.4. The number of aromatic nitrogens is 4. The van der Waals surface area contributed by atoms with Crippen molar-refractivity contribution in [2.75, 3.05) is 25.2 Å². The Morgan fingerprint density at radius 1 is 1.53 bits per heavy atom. The highest BCUT2D eigenvalue weighted by Gasteiger charge is 2.16. The molecule has 0 aliphatic carbocycles. The second kappa shape index (κ2) is 6.15. The number of ether oxygens (including phenoxy) is 1. The molecule has 2 heterocycles. The van der Waals surface area contributed by atoms with Crippen molar-refractivity contribution in [3.8, 4) is 0 Å². The number of fused-ring (bicyclic) bond motifs is 1. The molecule has 0 aliphatic rings. The van der Waals surface area contributed by atoms with E-state index >= 15 is 0 Å². The van der Waals surface area contributed by atoms with Gasteiger partial charge in [-0.05, 0) is 12.7 Å². The van der Waals surface area contributed by atoms with Crippen LogP contribution < -0.4 is 5.73 Å². The van der Waals surface area contributed by atoms with E-state index in [1.165, 1.54) is 22.7 Å². The molecule has 2 aromatic heterocycles. The molecule has 2 rings (SSSR count). The standard InChI is InChI=1S/C10H15N5O3S/c1-19-8-6-7(13-9(11)14-8)15(5-12-6)10(17)18-4-2-3-16/h5,10,16-17H,2-4H2,1H3,(H2,11,13,14). The number of aliphatic hydroxyl groups excluding tert-OH is 2. The molecular weight excluding hydrogens is 270 g/mol. The number of nitrogen functional groups attached to an aromatic ring is 1. The molecule has 0 spiro atoms. The monoisotopic (exact) mass is 285 g/mol. The van der Waals surface area contributed by atoms with Gasteiger partial charge in [0.15, 0.2) is 5.65 Å². The maximum absolute atomic E-state index is 9.90. The van der Waals surface area contributed by atoms with Crippen LogP contribution in [0.2, 0.25) is 0 Å². The normalized spacial score (nSPS) is 13.0. The lowest BCUT2D eigenvalue weighted by molar-refractivity contribution is -0.152. The van der Waals surface area contributed by atoms with Gasteiger partial charge >= 0.3 is 0 Å². The quantitative estimate of drug-likeness (QED) is 0.293. The summed E-state index contributed by atoms with van der Waals surface area (Å²) >= 11 is 1.40. The lowest BCUT2D eigenvalue weighted by atomic mass is 10.5. The van der Waals surface area contributed by atoms with Crippen molar-refractivity contribution in [1.29, 1.82) is 0 Å². The summed E-state index contributed by atoms with van der Waals surface area (Å²) in [5.74, 6) is 0.112. The Morgan fingerprint density at radius 2 is 2.32 bits per heavy atom. The fourth-order valence-electron chi connectivity index (χ4n) is 1.54. The summed E-state index contributed by atoms with van der Waals surface area (Å²) in [7, 11) is 0. The molecule has 0 fully saturated rings. The molecule has 0 saturated heterocycles. The summed E-state index contributed by atoms with van der Waals surface area (Å²) in [6, 6.07) is 0. The number of rotatable bonds is 6. The van der Waals surface area contributed by atoms with Gasteiger partial charge in [-0.15, -0.1) is 11.8 Å². The number of imidazole rings is 1. The lowest BCUT2D eigenvalue weighted by Crippen LogP contribution is -2.13. The Morgan fingerprint density at radius 3 is 3.00 bits per heavy atom. The molecule has 0 saturated carbocycles. The van der Waals surface area contributed by atoms with Crippen LogP contribution >= 0.6 is 11.8 Å². The molecule has 0 amide bonds. The molecular formula is C10H15N5O3S. The maximum atomic E-state index is 9.90. The van der Waals surface area contributed by atoms with E-state index in [1.54, 1.807) is 0 Å². The van der Waals surface area contributed by atoms with Crippen molar-refractivity contribution >= 4 is 28.9 Å². The highest BCUT2D eigenvalue weighted by Crippen LogP contribution is 2.24. The van der Waals surface area contributed by atoms with Crippen LogP contribution in [0, 0.1) is 0 Å². The van der Waals surface area contributed by atoms with Crippen molar-refractivity contribution in [3.05, 3.63) is 6.33 Å². The van der Waals surface area contributed by atoms with Crippen molar-refractivity contribution < 1.29 is 14.9 Å². The highest BCUT2D eigenvalue weighted by molar-refractivity contribution is 7.98. The van der Waals surface area contributed by atoms with E-state index < -0.39 is 6.41 Å². The van der Waals surface area contributed by atoms with Gasteiger partial charge in [-0.2, -0.15) is 4.98 Å². The predicted molar refractivity (Wildman–Crippen MR) is 70.4 cm³/mol. The second-order valence-corrected chi connectivity index (χ2v) is 4.48. The van der Waals surface area contributed by atoms with E-state index in [2.05, 4.69) is 15.0 Å². The largest absolute Gasteiger partial charge is 0.396 e. The summed E-state index contributed by atoms with van der Waals surface area (Å²) in [6.45, 7) is 0.233. The number of aliphatic hydroxyl groups is 2. The second-order valence-electron chi connectivity index (χ2n) is 3.69. The molecule has 19 heavy (non-hydrogen) atoms. The van der Waals surface area contributed by atoms with Gasteiger partial charge in [0.05, 0.1) is 6.61 Å². The van der Waals surface area contributed by atoms with Gasteiger partial charge in [0.1, 0.15) is 16.9 Å². The summed E-state index contributed by atoms with van der Waals surface area (Å²) in [5.41, 5.74) is 6.59. The van der Waals surface area contributed by atoms with Gasteiger partial charge in [-0.25, -0.2) is 9.97 Å². The van der Waals surface area contributed by atoms with Crippen LogP contribution in [0.4, 0.5) is 5.95 Å². The SMILES string of the molecule is CSc1nc(N)nc2c1ncn2C(O)OCCCO. The first kappa shape index (κ1) is 14.0. The van der Waals surface area contributed by atoms with Crippen LogP contribution in [-0.4, -0.2) is 49.2 Å². The minimum atomic E-state index is -1.22. The predicted octanol–water partition coefficient (Wildman–Crippen LogP) is -0.0222. The minimum absolute atomic E-state index is 0.00311. The van der Waals surface area contributed by atoms with E-state index in [9.17, 15) is 5.11 Å². The number of thioether (sulfide) groups is 1. The van der Waals surface area contributed by atoms with Crippen LogP contribution in [0.15, 0.2) is 11.4 Å². The maximum Gasteiger partial charge on any atom is 0.244 e. The summed E-state index contributed by atoms with van der Waals surface area (Å²) in [5, 5.41) is 19.2. The van der Waals surface area contributed by atoms with Gasteiger partial charge in [-0.1, -0.05) is 0 Å². The zero-order valence-corrected chi connectivity index (χ0v) is 11.2. The first-order valence-electron chi connectivity index (χ1n) is 5.62. The van der Waals surface area contributed by atoms with Gasteiger partial charge in [0.25, 0.3) is 0 Å². The van der Waals surface area contributed by atoms with Crippen molar-refractivity contribution in [1.82, 2.24) is 19.5 Å². The first-order valence-corrected chi connectivity index (χ1v) is 6.84. The van der Waals surface area contributed by atoms with Crippen LogP contribution in [0.25, 0.3) is 11.2 Å². The molecule has 4 N–H and O–H groups in total. The molecule has 0 aliphatic heterocycles. The molecule has 1 unspecified atom stereocenters. The third-order valence-corrected chi connectivity index (χ3v) is 3.08. The van der Waals surface area contributed by atoms with Gasteiger partial charge in [-0.3, -0.25) is 4.57 Å². The van der Waals surface area contributed by atoms with Crippen molar-refractivity contribution in [2.24, 2.45) is 0 Å². The summed E-state index contributed by atoms with van der Waals surface area (Å²) in [6.07, 6.45) is 2.49. The summed E-state index contributed by atoms with van der Waals surface area (Å²) < 4.78 is 6.52. The van der Waals surface area contributed by atoms with Crippen molar-refractivity contribution in [2.45, 2.75) is 17.9 Å². The highest BCUT2D eigenvalue weighted by atomic mass is 32.2. The van der Waals surface area contributed by atoms with Crippen LogP contribution in [0.5, 0.6) is 0 Å². The molecule has 2 aromatic rings. The van der Waals surface area contributed by atoms with Gasteiger partial charge in [0, 0.05) is 6.61 Å². The van der Waals surface area contributed by atoms with Crippen LogP contribution in [-0.2, 0) is 4.74 Å². The van der Waals surface area contributed by atoms with E-state index in [1.807, 2.05) is 6.26 Å². The average Bonchev–Trinajstić information content (AvgIpc) is 2.81. The van der Waals surface area contributed by atoms with E-state index in [-0.39, 0.29) is 19.2 Å². The smallest absolute Gasteiger partial charge is 0.244 e. The number of nitrogens with two attached hydrogens (primary N) is 1. The van der Waals surface area contributed by atoms with E-state index in [4.69, 9.17) is 15.6 Å². The Labute approximate surface area is 113 Å². The van der Waals surface area contributed by atoms with E-state index in [0.29, 0.717) is 22.6 Å². The molecule has 1 atom stereocenters. The number of nitrogens with zero attached hydrogens (tertiary/aromatic N) is 4. The summed E-state index contributed by atoms with van der Waals surface area (Å²) in [4.78, 5) is 12.3. The lowest BCUT2D eigenvalue weighted by Gasteiger charge is -2.13. The molecule has 0 aromatic carbocycles. The molecule has 0 bridgehead atoms. The Balaban J connectivity index is 2.31. The Hall–Kier alpha value is -1.42. The third kappa shape index (κ3) is 2.95. The Kier molecular flexibility index (Phi) is 4.53. The van der Waals surface area contributed by atoms with E-state index in [0.717, 1.165) is 0 Å². The average molecular weight is 285 g/mol. The van der Waals surface area contributed by atoms with Crippen LogP contribution in [0.3, 0.4) is 0 Å². The number of hydrogen-bond acceptors (Lipinski definition) is 8.